The van der Waals surface area contributed by atoms with E-state index in [2.05, 4.69) is 53.8 Å². The molecule has 0 aromatic carbocycles. The Balaban J connectivity index is 3.95. The predicted molar refractivity (Wildman–Crippen MR) is 93.3 cm³/mol. The zero-order valence-electron chi connectivity index (χ0n) is 15.4. The van der Waals surface area contributed by atoms with Gasteiger partial charge in [0.2, 0.25) is 0 Å². The van der Waals surface area contributed by atoms with Gasteiger partial charge in [-0.15, -0.1) is 0 Å². The van der Waals surface area contributed by atoms with Gasteiger partial charge in [0.15, 0.2) is 0 Å². The van der Waals surface area contributed by atoms with E-state index >= 15 is 0 Å². The first-order valence-corrected chi connectivity index (χ1v) is 8.96. The van der Waals surface area contributed by atoms with Gasteiger partial charge in [-0.3, -0.25) is 0 Å². The lowest BCUT2D eigenvalue weighted by Gasteiger charge is -2.37. The molecule has 0 aliphatic heterocycles. The minimum atomic E-state index is 0.232. The number of unbranched alkanes of at least 4 members (excludes halogenated alkanes) is 6. The van der Waals surface area contributed by atoms with Gasteiger partial charge in [0.1, 0.15) is 0 Å². The molecule has 0 bridgehead atoms. The van der Waals surface area contributed by atoms with E-state index in [0.717, 1.165) is 12.5 Å². The van der Waals surface area contributed by atoms with E-state index in [-0.39, 0.29) is 5.54 Å². The summed E-state index contributed by atoms with van der Waals surface area (Å²) in [6.45, 7) is 17.5. The van der Waals surface area contributed by atoms with Crippen molar-refractivity contribution in [1.29, 1.82) is 0 Å². The Morgan fingerprint density at radius 1 is 0.800 bits per heavy atom. The van der Waals surface area contributed by atoms with Crippen LogP contribution in [0.25, 0.3) is 0 Å². The smallest absolute Gasteiger partial charge is 0.00967 e. The van der Waals surface area contributed by atoms with Gasteiger partial charge >= 0.3 is 0 Å². The third kappa shape index (κ3) is 9.80. The van der Waals surface area contributed by atoms with Crippen LogP contribution in [0.1, 0.15) is 99.8 Å². The highest BCUT2D eigenvalue weighted by Crippen LogP contribution is 2.33. The zero-order chi connectivity index (χ0) is 15.6. The van der Waals surface area contributed by atoms with Crippen molar-refractivity contribution in [2.75, 3.05) is 6.54 Å². The highest BCUT2D eigenvalue weighted by atomic mass is 15.0. The third-order valence-corrected chi connectivity index (χ3v) is 4.77. The van der Waals surface area contributed by atoms with Crippen molar-refractivity contribution in [3.8, 4) is 0 Å². The first kappa shape index (κ1) is 20.0. The fraction of sp³-hybridized carbons (Fsp3) is 1.00. The molecule has 0 radical (unpaired) electrons. The number of hydrogen-bond acceptors (Lipinski definition) is 1. The largest absolute Gasteiger partial charge is 0.312 e. The van der Waals surface area contributed by atoms with Crippen LogP contribution in [0.5, 0.6) is 0 Å². The van der Waals surface area contributed by atoms with Gasteiger partial charge in [-0.1, -0.05) is 72.6 Å². The first-order chi connectivity index (χ1) is 9.21. The molecule has 0 fully saturated rings. The Hall–Kier alpha value is -0.0400. The summed E-state index contributed by atoms with van der Waals surface area (Å²) in [6, 6.07) is 0. The Kier molecular flexibility index (Phi) is 9.80. The predicted octanol–water partition coefficient (Wildman–Crippen LogP) is 6.18. The molecule has 0 aliphatic rings. The minimum absolute atomic E-state index is 0.232. The van der Waals surface area contributed by atoms with Crippen LogP contribution in [-0.2, 0) is 0 Å². The summed E-state index contributed by atoms with van der Waals surface area (Å²) in [5, 5.41) is 3.71. The Labute approximate surface area is 129 Å². The lowest BCUT2D eigenvalue weighted by Crippen LogP contribution is -2.44. The van der Waals surface area contributed by atoms with Crippen molar-refractivity contribution in [3.63, 3.8) is 0 Å². The highest BCUT2D eigenvalue weighted by Gasteiger charge is 2.28. The van der Waals surface area contributed by atoms with Gasteiger partial charge in [-0.25, -0.2) is 0 Å². The topological polar surface area (TPSA) is 12.0 Å². The molecule has 0 heterocycles. The lowest BCUT2D eigenvalue weighted by molar-refractivity contribution is 0.168. The number of nitrogens with one attached hydrogen (secondary N) is 1. The van der Waals surface area contributed by atoms with Crippen LogP contribution < -0.4 is 5.32 Å². The van der Waals surface area contributed by atoms with Crippen molar-refractivity contribution in [2.24, 2.45) is 11.3 Å². The molecular weight excluding hydrogens is 242 g/mol. The van der Waals surface area contributed by atoms with E-state index in [1.54, 1.807) is 0 Å². The molecule has 1 N–H and O–H groups in total. The molecule has 0 aromatic heterocycles. The molecule has 1 nitrogen and oxygen atoms in total. The molecule has 0 rings (SSSR count). The van der Waals surface area contributed by atoms with Crippen LogP contribution in [0.4, 0.5) is 0 Å². The summed E-state index contributed by atoms with van der Waals surface area (Å²) in [4.78, 5) is 0. The van der Waals surface area contributed by atoms with E-state index in [0.29, 0.717) is 5.41 Å². The molecule has 0 aromatic rings. The summed E-state index contributed by atoms with van der Waals surface area (Å²) in [6.07, 6.45) is 11.2. The van der Waals surface area contributed by atoms with Crippen molar-refractivity contribution in [1.82, 2.24) is 5.32 Å². The first-order valence-electron chi connectivity index (χ1n) is 8.96. The summed E-state index contributed by atoms with van der Waals surface area (Å²) in [7, 11) is 0. The zero-order valence-corrected chi connectivity index (χ0v) is 15.4. The second-order valence-electron chi connectivity index (χ2n) is 8.28. The fourth-order valence-electron chi connectivity index (χ4n) is 2.53. The van der Waals surface area contributed by atoms with E-state index < -0.39 is 0 Å². The lowest BCUT2D eigenvalue weighted by atomic mass is 9.74. The van der Waals surface area contributed by atoms with Crippen LogP contribution >= 0.6 is 0 Å². The maximum absolute atomic E-state index is 3.71. The summed E-state index contributed by atoms with van der Waals surface area (Å²) >= 11 is 0. The minimum Gasteiger partial charge on any atom is -0.312 e. The molecule has 1 unspecified atom stereocenters. The summed E-state index contributed by atoms with van der Waals surface area (Å²) < 4.78 is 0. The molecule has 0 saturated carbocycles. The van der Waals surface area contributed by atoms with Crippen molar-refractivity contribution in [3.05, 3.63) is 0 Å². The third-order valence-electron chi connectivity index (χ3n) is 4.77. The quantitative estimate of drug-likeness (QED) is 0.447. The Morgan fingerprint density at radius 2 is 1.30 bits per heavy atom. The van der Waals surface area contributed by atoms with Gasteiger partial charge in [-0.05, 0) is 38.5 Å². The van der Waals surface area contributed by atoms with E-state index in [4.69, 9.17) is 0 Å². The molecule has 1 heteroatoms. The average Bonchev–Trinajstić information content (AvgIpc) is 2.34. The molecular formula is C19H41N. The maximum atomic E-state index is 3.71. The molecule has 122 valence electrons. The van der Waals surface area contributed by atoms with Gasteiger partial charge in [0, 0.05) is 12.1 Å². The molecule has 0 aliphatic carbocycles. The number of hydrogen-bond donors (Lipinski definition) is 1. The van der Waals surface area contributed by atoms with Crippen LogP contribution in [0.2, 0.25) is 0 Å². The highest BCUT2D eigenvalue weighted by molar-refractivity contribution is 4.83. The van der Waals surface area contributed by atoms with Gasteiger partial charge in [0.05, 0.1) is 0 Å². The van der Waals surface area contributed by atoms with Gasteiger partial charge in [0.25, 0.3) is 0 Å². The maximum Gasteiger partial charge on any atom is 0.00967 e. The second-order valence-corrected chi connectivity index (χ2v) is 8.28. The summed E-state index contributed by atoms with van der Waals surface area (Å²) in [5.41, 5.74) is 0.674. The van der Waals surface area contributed by atoms with E-state index in [1.807, 2.05) is 0 Å². The second kappa shape index (κ2) is 9.82. The van der Waals surface area contributed by atoms with E-state index in [1.165, 1.54) is 51.4 Å². The molecule has 0 saturated heterocycles. The van der Waals surface area contributed by atoms with Crippen LogP contribution in [-0.4, -0.2) is 12.1 Å². The van der Waals surface area contributed by atoms with Crippen molar-refractivity contribution >= 4 is 0 Å². The number of rotatable bonds is 11. The fourth-order valence-corrected chi connectivity index (χ4v) is 2.53. The Bertz CT molecular complexity index is 226. The van der Waals surface area contributed by atoms with Gasteiger partial charge in [-0.2, -0.15) is 0 Å². The average molecular weight is 284 g/mol. The van der Waals surface area contributed by atoms with Crippen LogP contribution in [0.3, 0.4) is 0 Å². The van der Waals surface area contributed by atoms with Crippen molar-refractivity contribution in [2.45, 2.75) is 105 Å². The monoisotopic (exact) mass is 283 g/mol. The molecule has 0 amide bonds. The van der Waals surface area contributed by atoms with Crippen LogP contribution in [0, 0.1) is 11.3 Å². The standard InChI is InChI=1S/C19H41N/c1-8-9-10-11-12-13-14-15-19(7,17(2)3)16-20-18(4,5)6/h17,20H,8-16H2,1-7H3. The van der Waals surface area contributed by atoms with Crippen molar-refractivity contribution < 1.29 is 0 Å². The Morgan fingerprint density at radius 3 is 1.75 bits per heavy atom. The molecule has 0 spiro atoms. The van der Waals surface area contributed by atoms with Gasteiger partial charge < -0.3 is 5.32 Å². The molecule has 20 heavy (non-hydrogen) atoms. The normalized spacial score (nSPS) is 15.6. The van der Waals surface area contributed by atoms with E-state index in [9.17, 15) is 0 Å². The summed E-state index contributed by atoms with van der Waals surface area (Å²) in [5.74, 6) is 0.748. The van der Waals surface area contributed by atoms with Crippen LogP contribution in [0.15, 0.2) is 0 Å². The molecule has 1 atom stereocenters. The SMILES string of the molecule is CCCCCCCCCC(C)(CNC(C)(C)C)C(C)C.